The number of hydrogen-bond donors (Lipinski definition) is 2. The van der Waals surface area contributed by atoms with Gasteiger partial charge in [0.15, 0.2) is 11.5 Å². The molecule has 2 aromatic rings. The van der Waals surface area contributed by atoms with Gasteiger partial charge in [-0.3, -0.25) is 0 Å². The fraction of sp³-hybridized carbons (Fsp3) is 0.350. The molecule has 0 amide bonds. The second-order valence-electron chi connectivity index (χ2n) is 6.18. The van der Waals surface area contributed by atoms with Crippen molar-refractivity contribution in [1.29, 1.82) is 0 Å². The average molecular weight is 343 g/mol. The zero-order valence-corrected chi connectivity index (χ0v) is 15.1. The fourth-order valence-electron chi connectivity index (χ4n) is 2.46. The van der Waals surface area contributed by atoms with E-state index in [0.717, 1.165) is 16.9 Å². The number of benzene rings is 2. The van der Waals surface area contributed by atoms with Crippen LogP contribution in [0.25, 0.3) is 0 Å². The Morgan fingerprint density at radius 2 is 1.76 bits per heavy atom. The molecule has 0 aliphatic heterocycles. The van der Waals surface area contributed by atoms with E-state index >= 15 is 0 Å². The summed E-state index contributed by atoms with van der Waals surface area (Å²) in [7, 11) is 1.63. The van der Waals surface area contributed by atoms with Crippen LogP contribution in [0.2, 0.25) is 0 Å². The molecular weight excluding hydrogens is 318 g/mol. The number of aromatic carboxylic acids is 1. The number of ether oxygens (including phenoxy) is 2. The normalized spacial score (nSPS) is 12.0. The molecule has 0 aliphatic rings. The van der Waals surface area contributed by atoms with Crippen molar-refractivity contribution in [2.24, 2.45) is 0 Å². The Morgan fingerprint density at radius 1 is 1.08 bits per heavy atom. The highest BCUT2D eigenvalue weighted by atomic mass is 16.5. The van der Waals surface area contributed by atoms with Crippen molar-refractivity contribution in [2.45, 2.75) is 39.5 Å². The summed E-state index contributed by atoms with van der Waals surface area (Å²) in [5.41, 5.74) is 2.42. The van der Waals surface area contributed by atoms with E-state index in [4.69, 9.17) is 14.6 Å². The van der Waals surface area contributed by atoms with Crippen LogP contribution in [0.4, 0.5) is 0 Å². The first-order chi connectivity index (χ1) is 11.9. The van der Waals surface area contributed by atoms with Crippen LogP contribution in [0.5, 0.6) is 11.5 Å². The third-order valence-corrected chi connectivity index (χ3v) is 3.86. The molecule has 134 valence electrons. The lowest BCUT2D eigenvalue weighted by atomic mass is 10.1. The highest BCUT2D eigenvalue weighted by Gasteiger charge is 2.11. The molecular formula is C20H25NO4. The van der Waals surface area contributed by atoms with E-state index in [0.29, 0.717) is 17.9 Å². The summed E-state index contributed by atoms with van der Waals surface area (Å²) in [5, 5.41) is 12.4. The first-order valence-corrected chi connectivity index (χ1v) is 8.31. The number of carboxylic acids is 1. The van der Waals surface area contributed by atoms with Gasteiger partial charge in [-0.05, 0) is 56.2 Å². The number of hydrogen-bond acceptors (Lipinski definition) is 4. The van der Waals surface area contributed by atoms with E-state index in [2.05, 4.69) is 12.2 Å². The SMILES string of the molecule is COc1cc(C(C)NCc2ccc(C(=O)O)cc2)ccc1OC(C)C. The van der Waals surface area contributed by atoms with Gasteiger partial charge < -0.3 is 19.9 Å². The van der Waals surface area contributed by atoms with Crippen molar-refractivity contribution in [3.63, 3.8) is 0 Å². The van der Waals surface area contributed by atoms with Gasteiger partial charge in [0.25, 0.3) is 0 Å². The molecule has 0 bridgehead atoms. The molecule has 1 atom stereocenters. The summed E-state index contributed by atoms with van der Waals surface area (Å²) in [5.74, 6) is 0.534. The van der Waals surface area contributed by atoms with Gasteiger partial charge in [-0.1, -0.05) is 18.2 Å². The zero-order valence-electron chi connectivity index (χ0n) is 15.1. The minimum atomic E-state index is -0.913. The van der Waals surface area contributed by atoms with E-state index in [1.165, 1.54) is 0 Å². The molecule has 0 saturated carbocycles. The highest BCUT2D eigenvalue weighted by molar-refractivity contribution is 5.87. The lowest BCUT2D eigenvalue weighted by Gasteiger charge is -2.18. The fourth-order valence-corrected chi connectivity index (χ4v) is 2.46. The Bertz CT molecular complexity index is 710. The second-order valence-corrected chi connectivity index (χ2v) is 6.18. The smallest absolute Gasteiger partial charge is 0.335 e. The third kappa shape index (κ3) is 5.22. The van der Waals surface area contributed by atoms with E-state index < -0.39 is 5.97 Å². The summed E-state index contributed by atoms with van der Waals surface area (Å²) in [6, 6.07) is 12.9. The summed E-state index contributed by atoms with van der Waals surface area (Å²) < 4.78 is 11.2. The molecule has 0 heterocycles. The molecule has 0 fully saturated rings. The molecule has 0 saturated heterocycles. The van der Waals surface area contributed by atoms with Crippen LogP contribution in [0, 0.1) is 0 Å². The lowest BCUT2D eigenvalue weighted by Crippen LogP contribution is -2.18. The zero-order chi connectivity index (χ0) is 18.4. The number of methoxy groups -OCH3 is 1. The van der Waals surface area contributed by atoms with Crippen LogP contribution in [-0.2, 0) is 6.54 Å². The van der Waals surface area contributed by atoms with E-state index in [1.54, 1.807) is 19.2 Å². The second kappa shape index (κ2) is 8.53. The molecule has 0 spiro atoms. The van der Waals surface area contributed by atoms with Gasteiger partial charge in [-0.15, -0.1) is 0 Å². The molecule has 0 aliphatic carbocycles. The molecule has 1 unspecified atom stereocenters. The van der Waals surface area contributed by atoms with Gasteiger partial charge in [0.05, 0.1) is 18.8 Å². The van der Waals surface area contributed by atoms with Crippen molar-refractivity contribution in [3.05, 3.63) is 59.2 Å². The van der Waals surface area contributed by atoms with Gasteiger partial charge in [-0.2, -0.15) is 0 Å². The molecule has 2 rings (SSSR count). The maximum absolute atomic E-state index is 10.9. The van der Waals surface area contributed by atoms with Crippen LogP contribution in [-0.4, -0.2) is 24.3 Å². The van der Waals surface area contributed by atoms with Crippen LogP contribution in [0.15, 0.2) is 42.5 Å². The van der Waals surface area contributed by atoms with Crippen LogP contribution < -0.4 is 14.8 Å². The van der Waals surface area contributed by atoms with Gasteiger partial charge in [0, 0.05) is 12.6 Å². The van der Waals surface area contributed by atoms with Crippen molar-refractivity contribution >= 4 is 5.97 Å². The summed E-state index contributed by atoms with van der Waals surface area (Å²) in [6.45, 7) is 6.68. The van der Waals surface area contributed by atoms with Crippen molar-refractivity contribution in [3.8, 4) is 11.5 Å². The Balaban J connectivity index is 2.02. The maximum Gasteiger partial charge on any atom is 0.335 e. The summed E-state index contributed by atoms with van der Waals surface area (Å²) in [6.07, 6.45) is 0.0871. The van der Waals surface area contributed by atoms with E-state index in [-0.39, 0.29) is 12.1 Å². The minimum Gasteiger partial charge on any atom is -0.493 e. The van der Waals surface area contributed by atoms with Gasteiger partial charge >= 0.3 is 5.97 Å². The van der Waals surface area contributed by atoms with Crippen molar-refractivity contribution in [2.75, 3.05) is 7.11 Å². The van der Waals surface area contributed by atoms with Gasteiger partial charge in [-0.25, -0.2) is 4.79 Å². The maximum atomic E-state index is 10.9. The quantitative estimate of drug-likeness (QED) is 0.757. The van der Waals surface area contributed by atoms with Crippen LogP contribution in [0.1, 0.15) is 48.3 Å². The lowest BCUT2D eigenvalue weighted by molar-refractivity contribution is 0.0697. The van der Waals surface area contributed by atoms with Crippen LogP contribution >= 0.6 is 0 Å². The Kier molecular flexibility index (Phi) is 6.42. The largest absolute Gasteiger partial charge is 0.493 e. The Hall–Kier alpha value is -2.53. The predicted octanol–water partition coefficient (Wildman–Crippen LogP) is 4.03. The molecule has 5 heteroatoms. The first kappa shape index (κ1) is 18.8. The minimum absolute atomic E-state index is 0.0871. The van der Waals surface area contributed by atoms with Gasteiger partial charge in [0.2, 0.25) is 0 Å². The first-order valence-electron chi connectivity index (χ1n) is 8.31. The standard InChI is InChI=1S/C20H25NO4/c1-13(2)25-18-10-9-17(11-19(18)24-4)14(3)21-12-15-5-7-16(8-6-15)20(22)23/h5-11,13-14,21H,12H2,1-4H3,(H,22,23). The average Bonchev–Trinajstić information content (AvgIpc) is 2.59. The van der Waals surface area contributed by atoms with Gasteiger partial charge in [0.1, 0.15) is 0 Å². The van der Waals surface area contributed by atoms with Crippen molar-refractivity contribution < 1.29 is 19.4 Å². The topological polar surface area (TPSA) is 67.8 Å². The van der Waals surface area contributed by atoms with Crippen LogP contribution in [0.3, 0.4) is 0 Å². The Labute approximate surface area is 148 Å². The molecule has 0 aromatic heterocycles. The monoisotopic (exact) mass is 343 g/mol. The highest BCUT2D eigenvalue weighted by Crippen LogP contribution is 2.31. The molecule has 25 heavy (non-hydrogen) atoms. The number of carboxylic acid groups (broad SMARTS) is 1. The molecule has 0 radical (unpaired) electrons. The number of nitrogens with one attached hydrogen (secondary N) is 1. The third-order valence-electron chi connectivity index (χ3n) is 3.86. The number of rotatable bonds is 8. The van der Waals surface area contributed by atoms with E-state index in [9.17, 15) is 4.79 Å². The molecule has 2 aromatic carbocycles. The Morgan fingerprint density at radius 3 is 2.32 bits per heavy atom. The molecule has 5 nitrogen and oxygen atoms in total. The van der Waals surface area contributed by atoms with E-state index in [1.807, 2.05) is 44.2 Å². The summed E-state index contributed by atoms with van der Waals surface area (Å²) in [4.78, 5) is 10.9. The number of carbonyl (C=O) groups is 1. The van der Waals surface area contributed by atoms with Crippen molar-refractivity contribution in [1.82, 2.24) is 5.32 Å². The predicted molar refractivity (Wildman–Crippen MR) is 97.4 cm³/mol. The summed E-state index contributed by atoms with van der Waals surface area (Å²) >= 11 is 0. The molecule has 2 N–H and O–H groups in total.